The first-order valence-corrected chi connectivity index (χ1v) is 12.9. The lowest BCUT2D eigenvalue weighted by molar-refractivity contribution is 0.887. The van der Waals surface area contributed by atoms with E-state index < -0.39 is 34.1 Å². The Bertz CT molecular complexity index is 971. The Morgan fingerprint density at radius 3 is 0.724 bits per heavy atom. The summed E-state index contributed by atoms with van der Waals surface area (Å²) in [6.45, 7) is 0. The van der Waals surface area contributed by atoms with Crippen molar-refractivity contribution in [3.05, 3.63) is 62.9 Å². The molecule has 20 heteroatoms. The summed E-state index contributed by atoms with van der Waals surface area (Å²) in [5, 5.41) is 0. The summed E-state index contributed by atoms with van der Waals surface area (Å²) >= 11 is 4.24. The smallest absolute Gasteiger partial charge is 0.330 e. The number of H-pyrrole nitrogens is 6. The second kappa shape index (κ2) is 13.0. The fourth-order valence-electron chi connectivity index (χ4n) is 1.23. The van der Waals surface area contributed by atoms with Gasteiger partial charge in [0, 0.05) is 37.2 Å². The topological polar surface area (TPSA) is 314 Å². The van der Waals surface area contributed by atoms with Crippen LogP contribution < -0.4 is 51.3 Å². The van der Waals surface area contributed by atoms with Crippen LogP contribution in [0, 0.1) is 0 Å². The van der Waals surface area contributed by atoms with E-state index in [0.29, 0.717) is 0 Å². The summed E-state index contributed by atoms with van der Waals surface area (Å²) in [5.74, 6) is 0.125. The SMILES string of the molecule is II.Nc1nc(N)nc(N)n1.O=c1[nH]c(=O)[nH]c(=O)[nH]1.O=c1[nH]c(=O)[nH]c(=O)[nH]1. The van der Waals surface area contributed by atoms with Gasteiger partial charge < -0.3 is 17.2 Å². The van der Waals surface area contributed by atoms with Crippen molar-refractivity contribution in [2.75, 3.05) is 17.2 Å². The third-order valence-electron chi connectivity index (χ3n) is 2.05. The van der Waals surface area contributed by atoms with Gasteiger partial charge >= 0.3 is 34.1 Å². The molecule has 3 heterocycles. The molecule has 3 aromatic rings. The molecule has 29 heavy (non-hydrogen) atoms. The first kappa shape index (κ1) is 25.7. The van der Waals surface area contributed by atoms with Crippen molar-refractivity contribution in [3.8, 4) is 0 Å². The molecule has 3 aromatic heterocycles. The molecule has 0 radical (unpaired) electrons. The standard InChI is InChI=1S/C3H6N6.2C3H3N3O3.I2/c4-1-7-2(5)9-3(6)8-1;2*7-1-4-2(8)6-3(9)5-1;1-2/h(H6,4,5,6,7,8,9);2*(H3,4,5,6,7,8,9);. The quantitative estimate of drug-likeness (QED) is 0.106. The average molecular weight is 638 g/mol. The third-order valence-corrected chi connectivity index (χ3v) is 2.05. The summed E-state index contributed by atoms with van der Waals surface area (Å²) < 4.78 is 0. The van der Waals surface area contributed by atoms with Gasteiger partial charge in [-0.2, -0.15) is 15.0 Å². The number of hydrogen-bond donors (Lipinski definition) is 9. The number of nitrogens with zero attached hydrogens (tertiary/aromatic N) is 3. The molecule has 18 nitrogen and oxygen atoms in total. The maximum Gasteiger partial charge on any atom is 0.330 e. The lowest BCUT2D eigenvalue weighted by Gasteiger charge is -1.93. The number of rotatable bonds is 0. The molecule has 0 atom stereocenters. The molecule has 0 saturated heterocycles. The van der Waals surface area contributed by atoms with E-state index in [9.17, 15) is 28.8 Å². The van der Waals surface area contributed by atoms with E-state index in [1.54, 1.807) is 29.9 Å². The van der Waals surface area contributed by atoms with E-state index in [0.717, 1.165) is 0 Å². The molecule has 0 saturated carbocycles. The van der Waals surface area contributed by atoms with Gasteiger partial charge in [0.25, 0.3) is 0 Å². The molecular weight excluding hydrogens is 626 g/mol. The third kappa shape index (κ3) is 11.9. The van der Waals surface area contributed by atoms with Gasteiger partial charge in [0.1, 0.15) is 0 Å². The van der Waals surface area contributed by atoms with Crippen LogP contribution in [0.15, 0.2) is 28.8 Å². The van der Waals surface area contributed by atoms with Crippen LogP contribution in [0.1, 0.15) is 0 Å². The minimum absolute atomic E-state index is 0.0417. The van der Waals surface area contributed by atoms with Crippen LogP contribution in [-0.2, 0) is 0 Å². The van der Waals surface area contributed by atoms with Gasteiger partial charge in [-0.3, -0.25) is 29.9 Å². The number of halogens is 2. The lowest BCUT2D eigenvalue weighted by Crippen LogP contribution is -2.34. The number of anilines is 3. The van der Waals surface area contributed by atoms with Crippen molar-refractivity contribution in [3.63, 3.8) is 0 Å². The largest absolute Gasteiger partial charge is 0.368 e. The van der Waals surface area contributed by atoms with Crippen molar-refractivity contribution in [2.24, 2.45) is 0 Å². The predicted molar refractivity (Wildman–Crippen MR) is 118 cm³/mol. The van der Waals surface area contributed by atoms with Gasteiger partial charge in [-0.05, 0) is 0 Å². The number of aromatic amines is 6. The van der Waals surface area contributed by atoms with Gasteiger partial charge in [-0.15, -0.1) is 0 Å². The Kier molecular flexibility index (Phi) is 11.5. The second-order valence-electron chi connectivity index (χ2n) is 4.13. The van der Waals surface area contributed by atoms with E-state index in [-0.39, 0.29) is 17.8 Å². The van der Waals surface area contributed by atoms with Crippen molar-refractivity contribution in [1.29, 1.82) is 0 Å². The molecule has 0 unspecified atom stereocenters. The highest BCUT2D eigenvalue weighted by Crippen LogP contribution is 1.97. The van der Waals surface area contributed by atoms with E-state index in [1.165, 1.54) is 0 Å². The van der Waals surface area contributed by atoms with Gasteiger partial charge in [0.05, 0.1) is 0 Å². The maximum absolute atomic E-state index is 10.2. The Hall–Kier alpha value is -3.31. The van der Waals surface area contributed by atoms with Crippen LogP contribution in [0.4, 0.5) is 17.8 Å². The molecule has 0 fully saturated rings. The van der Waals surface area contributed by atoms with E-state index >= 15 is 0 Å². The number of nitrogen functional groups attached to an aromatic ring is 3. The molecule has 0 aliphatic carbocycles. The average Bonchev–Trinajstić information content (AvgIpc) is 2.53. The molecule has 0 spiro atoms. The van der Waals surface area contributed by atoms with Crippen molar-refractivity contribution < 1.29 is 0 Å². The normalized spacial score (nSPS) is 8.90. The van der Waals surface area contributed by atoms with Crippen LogP contribution in [-0.4, -0.2) is 44.9 Å². The second-order valence-corrected chi connectivity index (χ2v) is 4.13. The van der Waals surface area contributed by atoms with Gasteiger partial charge in [0.2, 0.25) is 17.8 Å². The first-order chi connectivity index (χ1) is 13.5. The monoisotopic (exact) mass is 638 g/mol. The molecule has 12 N–H and O–H groups in total. The van der Waals surface area contributed by atoms with Gasteiger partial charge in [-0.1, -0.05) is 0 Å². The Balaban J connectivity index is 0.000000388. The molecular formula is C9H12I2N12O6. The minimum Gasteiger partial charge on any atom is -0.368 e. The fourth-order valence-corrected chi connectivity index (χ4v) is 1.23. The molecule has 0 amide bonds. The molecule has 158 valence electrons. The predicted octanol–water partition coefficient (Wildman–Crippen LogP) is -4.11. The summed E-state index contributed by atoms with van der Waals surface area (Å²) in [6, 6.07) is 0. The van der Waals surface area contributed by atoms with Crippen LogP contribution in [0.3, 0.4) is 0 Å². The highest BCUT2D eigenvalue weighted by Gasteiger charge is 1.93. The molecule has 0 aromatic carbocycles. The van der Waals surface area contributed by atoms with E-state index in [1.807, 2.05) is 0 Å². The number of aromatic nitrogens is 9. The van der Waals surface area contributed by atoms with E-state index in [2.05, 4.69) is 52.2 Å². The molecule has 0 bridgehead atoms. The van der Waals surface area contributed by atoms with Gasteiger partial charge in [0.15, 0.2) is 0 Å². The van der Waals surface area contributed by atoms with Crippen molar-refractivity contribution >= 4 is 55.1 Å². The summed E-state index contributed by atoms with van der Waals surface area (Å²) in [6.07, 6.45) is 0. The Morgan fingerprint density at radius 1 is 0.448 bits per heavy atom. The van der Waals surface area contributed by atoms with Crippen LogP contribution >= 0.6 is 37.2 Å². The number of hydrogen-bond acceptors (Lipinski definition) is 12. The Morgan fingerprint density at radius 2 is 0.586 bits per heavy atom. The van der Waals surface area contributed by atoms with Crippen molar-refractivity contribution in [2.45, 2.75) is 0 Å². The Labute approximate surface area is 179 Å². The summed E-state index contributed by atoms with van der Waals surface area (Å²) in [5.41, 5.74) is 10.6. The highest BCUT2D eigenvalue weighted by molar-refractivity contribution is 15.0. The zero-order valence-electron chi connectivity index (χ0n) is 13.8. The van der Waals surface area contributed by atoms with E-state index in [4.69, 9.17) is 17.2 Å². The van der Waals surface area contributed by atoms with Crippen LogP contribution in [0.2, 0.25) is 0 Å². The zero-order valence-corrected chi connectivity index (χ0v) is 18.1. The molecule has 0 aliphatic rings. The molecule has 3 rings (SSSR count). The summed E-state index contributed by atoms with van der Waals surface area (Å²) in [7, 11) is 0. The van der Waals surface area contributed by atoms with Crippen LogP contribution in [0.25, 0.3) is 0 Å². The lowest BCUT2D eigenvalue weighted by atomic mass is 10.9. The first-order valence-electron chi connectivity index (χ1n) is 6.58. The minimum atomic E-state index is -0.802. The number of nitrogens with two attached hydrogens (primary N) is 3. The fraction of sp³-hybridized carbons (Fsp3) is 0. The van der Waals surface area contributed by atoms with Crippen LogP contribution in [0.5, 0.6) is 0 Å². The van der Waals surface area contributed by atoms with Gasteiger partial charge in [-0.25, -0.2) is 28.8 Å². The van der Waals surface area contributed by atoms with Crippen molar-refractivity contribution in [1.82, 2.24) is 44.9 Å². The maximum atomic E-state index is 10.2. The highest BCUT2D eigenvalue weighted by atomic mass is 128. The zero-order chi connectivity index (χ0) is 22.6. The number of nitrogens with one attached hydrogen (secondary N) is 6. The molecule has 0 aliphatic heterocycles. The summed E-state index contributed by atoms with van der Waals surface area (Å²) in [4.78, 5) is 82.3.